The molecule has 0 bridgehead atoms. The second kappa shape index (κ2) is 5.32. The minimum absolute atomic E-state index is 0.242. The van der Waals surface area contributed by atoms with E-state index in [1.54, 1.807) is 0 Å². The minimum Gasteiger partial charge on any atom is -0.493 e. The predicted molar refractivity (Wildman–Crippen MR) is 63.6 cm³/mol. The second-order valence-electron chi connectivity index (χ2n) is 4.33. The molecular weight excluding hydrogens is 202 g/mol. The molecule has 0 amide bonds. The maximum Gasteiger partial charge on any atom is 0.122 e. The molecule has 0 spiro atoms. The highest BCUT2D eigenvalue weighted by atomic mass is 16.5. The average molecular weight is 221 g/mol. The Kier molecular flexibility index (Phi) is 3.80. The van der Waals surface area contributed by atoms with Crippen LogP contribution in [0.4, 0.5) is 0 Å². The molecule has 1 aromatic rings. The van der Waals surface area contributed by atoms with Gasteiger partial charge >= 0.3 is 0 Å². The summed E-state index contributed by atoms with van der Waals surface area (Å²) in [6, 6.07) is 6.72. The van der Waals surface area contributed by atoms with Gasteiger partial charge in [-0.25, -0.2) is 0 Å². The lowest BCUT2D eigenvalue weighted by Gasteiger charge is -2.12. The third kappa shape index (κ3) is 2.74. The summed E-state index contributed by atoms with van der Waals surface area (Å²) in [7, 11) is 0. The van der Waals surface area contributed by atoms with E-state index in [2.05, 4.69) is 30.4 Å². The number of ether oxygens (including phenoxy) is 1. The molecule has 3 nitrogen and oxygen atoms in total. The smallest absolute Gasteiger partial charge is 0.122 e. The van der Waals surface area contributed by atoms with Crippen LogP contribution in [0.25, 0.3) is 0 Å². The van der Waals surface area contributed by atoms with Gasteiger partial charge in [-0.2, -0.15) is 0 Å². The van der Waals surface area contributed by atoms with Crippen LogP contribution in [-0.4, -0.2) is 24.4 Å². The van der Waals surface area contributed by atoms with Crippen molar-refractivity contribution in [2.75, 3.05) is 13.2 Å². The standard InChI is InChI=1S/C13H19NO2/c1-10(4-6-15)14-9-11-2-3-13-12(8-11)5-7-16-13/h2-3,8,10,14-15H,4-7,9H2,1H3/t10-/m1/s1. The zero-order chi connectivity index (χ0) is 11.4. The first-order valence-electron chi connectivity index (χ1n) is 5.88. The molecule has 16 heavy (non-hydrogen) atoms. The molecule has 1 aliphatic rings. The Morgan fingerprint density at radius 2 is 2.38 bits per heavy atom. The molecule has 2 rings (SSSR count). The van der Waals surface area contributed by atoms with Gasteiger partial charge in [0.25, 0.3) is 0 Å². The fourth-order valence-corrected chi connectivity index (χ4v) is 1.94. The number of rotatable bonds is 5. The zero-order valence-corrected chi connectivity index (χ0v) is 9.70. The highest BCUT2D eigenvalue weighted by molar-refractivity contribution is 5.39. The van der Waals surface area contributed by atoms with E-state index in [4.69, 9.17) is 9.84 Å². The van der Waals surface area contributed by atoms with Crippen LogP contribution in [-0.2, 0) is 13.0 Å². The molecule has 0 fully saturated rings. The van der Waals surface area contributed by atoms with Gasteiger partial charge in [-0.05, 0) is 30.5 Å². The Labute approximate surface area is 96.4 Å². The molecular formula is C13H19NO2. The molecule has 0 aliphatic carbocycles. The highest BCUT2D eigenvalue weighted by Crippen LogP contribution is 2.25. The van der Waals surface area contributed by atoms with Gasteiger partial charge in [0.2, 0.25) is 0 Å². The van der Waals surface area contributed by atoms with Gasteiger partial charge in [0, 0.05) is 25.6 Å². The molecule has 2 N–H and O–H groups in total. The first-order chi connectivity index (χ1) is 7.79. The van der Waals surface area contributed by atoms with Crippen molar-refractivity contribution in [2.45, 2.75) is 32.4 Å². The van der Waals surface area contributed by atoms with Crippen molar-refractivity contribution in [3.8, 4) is 5.75 Å². The Balaban J connectivity index is 1.90. The van der Waals surface area contributed by atoms with Crippen molar-refractivity contribution in [1.82, 2.24) is 5.32 Å². The van der Waals surface area contributed by atoms with E-state index in [1.807, 2.05) is 0 Å². The number of aliphatic hydroxyl groups is 1. The van der Waals surface area contributed by atoms with E-state index in [1.165, 1.54) is 11.1 Å². The van der Waals surface area contributed by atoms with Crippen molar-refractivity contribution in [1.29, 1.82) is 0 Å². The fourth-order valence-electron chi connectivity index (χ4n) is 1.94. The molecule has 1 aromatic carbocycles. The van der Waals surface area contributed by atoms with Gasteiger partial charge in [-0.3, -0.25) is 0 Å². The number of nitrogens with one attached hydrogen (secondary N) is 1. The molecule has 0 radical (unpaired) electrons. The molecule has 1 atom stereocenters. The third-order valence-electron chi connectivity index (χ3n) is 2.97. The maximum atomic E-state index is 8.80. The number of aliphatic hydroxyl groups excluding tert-OH is 1. The Hall–Kier alpha value is -1.06. The Morgan fingerprint density at radius 1 is 1.50 bits per heavy atom. The highest BCUT2D eigenvalue weighted by Gasteiger charge is 2.11. The lowest BCUT2D eigenvalue weighted by atomic mass is 10.1. The number of hydrogen-bond donors (Lipinski definition) is 2. The first kappa shape index (κ1) is 11.4. The Bertz CT molecular complexity index is 352. The van der Waals surface area contributed by atoms with Crippen LogP contribution in [0.1, 0.15) is 24.5 Å². The zero-order valence-electron chi connectivity index (χ0n) is 9.70. The van der Waals surface area contributed by atoms with E-state index in [9.17, 15) is 0 Å². The minimum atomic E-state index is 0.242. The summed E-state index contributed by atoms with van der Waals surface area (Å²) in [5.41, 5.74) is 2.60. The van der Waals surface area contributed by atoms with Crippen molar-refractivity contribution >= 4 is 0 Å². The quantitative estimate of drug-likeness (QED) is 0.791. The van der Waals surface area contributed by atoms with Crippen LogP contribution in [0.5, 0.6) is 5.75 Å². The largest absolute Gasteiger partial charge is 0.493 e. The van der Waals surface area contributed by atoms with Gasteiger partial charge in [0.1, 0.15) is 5.75 Å². The van der Waals surface area contributed by atoms with E-state index < -0.39 is 0 Å². The summed E-state index contributed by atoms with van der Waals surface area (Å²) in [5.74, 6) is 1.03. The van der Waals surface area contributed by atoms with E-state index in [0.29, 0.717) is 6.04 Å². The summed E-state index contributed by atoms with van der Waals surface area (Å²) in [6.07, 6.45) is 1.82. The van der Waals surface area contributed by atoms with Crippen LogP contribution in [0.3, 0.4) is 0 Å². The summed E-state index contributed by atoms with van der Waals surface area (Å²) >= 11 is 0. The lowest BCUT2D eigenvalue weighted by molar-refractivity contribution is 0.268. The summed E-state index contributed by atoms with van der Waals surface area (Å²) in [6.45, 7) is 4.00. The average Bonchev–Trinajstić information content (AvgIpc) is 2.74. The lowest BCUT2D eigenvalue weighted by Crippen LogP contribution is -2.26. The van der Waals surface area contributed by atoms with E-state index in [0.717, 1.165) is 31.7 Å². The molecule has 88 valence electrons. The normalized spacial score (nSPS) is 15.6. The van der Waals surface area contributed by atoms with Crippen molar-refractivity contribution in [2.24, 2.45) is 0 Å². The summed E-state index contributed by atoms with van der Waals surface area (Å²) in [5, 5.41) is 12.2. The first-order valence-corrected chi connectivity index (χ1v) is 5.88. The molecule has 0 unspecified atom stereocenters. The van der Waals surface area contributed by atoms with Crippen molar-refractivity contribution in [3.05, 3.63) is 29.3 Å². The van der Waals surface area contributed by atoms with Crippen LogP contribution >= 0.6 is 0 Å². The van der Waals surface area contributed by atoms with Gasteiger partial charge in [-0.15, -0.1) is 0 Å². The van der Waals surface area contributed by atoms with Gasteiger partial charge < -0.3 is 15.2 Å². The fraction of sp³-hybridized carbons (Fsp3) is 0.538. The predicted octanol–water partition coefficient (Wildman–Crippen LogP) is 1.48. The molecule has 3 heteroatoms. The van der Waals surface area contributed by atoms with Crippen LogP contribution < -0.4 is 10.1 Å². The monoisotopic (exact) mass is 221 g/mol. The van der Waals surface area contributed by atoms with Crippen LogP contribution in [0, 0.1) is 0 Å². The number of fused-ring (bicyclic) bond motifs is 1. The summed E-state index contributed by atoms with van der Waals surface area (Å²) < 4.78 is 5.46. The molecule has 0 saturated heterocycles. The molecule has 1 aliphatic heterocycles. The van der Waals surface area contributed by atoms with Gasteiger partial charge in [0.15, 0.2) is 0 Å². The van der Waals surface area contributed by atoms with Crippen molar-refractivity contribution in [3.63, 3.8) is 0 Å². The maximum absolute atomic E-state index is 8.80. The Morgan fingerprint density at radius 3 is 3.19 bits per heavy atom. The van der Waals surface area contributed by atoms with Gasteiger partial charge in [-0.1, -0.05) is 12.1 Å². The third-order valence-corrected chi connectivity index (χ3v) is 2.97. The molecule has 0 aromatic heterocycles. The summed E-state index contributed by atoms with van der Waals surface area (Å²) in [4.78, 5) is 0. The number of hydrogen-bond acceptors (Lipinski definition) is 3. The second-order valence-corrected chi connectivity index (χ2v) is 4.33. The SMILES string of the molecule is C[C@H](CCO)NCc1ccc2c(c1)CCO2. The van der Waals surface area contributed by atoms with Gasteiger partial charge in [0.05, 0.1) is 6.61 Å². The molecule has 0 saturated carbocycles. The van der Waals surface area contributed by atoms with Crippen LogP contribution in [0.2, 0.25) is 0 Å². The number of benzene rings is 1. The molecule has 1 heterocycles. The topological polar surface area (TPSA) is 41.5 Å². The van der Waals surface area contributed by atoms with E-state index in [-0.39, 0.29) is 6.61 Å². The van der Waals surface area contributed by atoms with E-state index >= 15 is 0 Å². The van der Waals surface area contributed by atoms with Crippen molar-refractivity contribution < 1.29 is 9.84 Å². The van der Waals surface area contributed by atoms with Crippen LogP contribution in [0.15, 0.2) is 18.2 Å².